The lowest BCUT2D eigenvalue weighted by Gasteiger charge is -1.94. The lowest BCUT2D eigenvalue weighted by Crippen LogP contribution is -1.82. The Kier molecular flexibility index (Phi) is 1.93. The van der Waals surface area contributed by atoms with E-state index in [2.05, 4.69) is 18.4 Å². The number of rotatable bonds is 1. The van der Waals surface area contributed by atoms with Crippen molar-refractivity contribution in [2.24, 2.45) is 5.92 Å². The van der Waals surface area contributed by atoms with E-state index in [1.165, 1.54) is 25.7 Å². The van der Waals surface area contributed by atoms with Crippen LogP contribution in [-0.4, -0.2) is 0 Å². The molecule has 0 aromatic carbocycles. The Morgan fingerprint density at radius 1 is 1.38 bits per heavy atom. The zero-order valence-corrected chi connectivity index (χ0v) is 5.19. The van der Waals surface area contributed by atoms with Gasteiger partial charge in [0.2, 0.25) is 0 Å². The number of allylic oxidation sites excluding steroid dienone is 1. The minimum absolute atomic E-state index is 0.812. The van der Waals surface area contributed by atoms with E-state index in [0.717, 1.165) is 5.92 Å². The molecule has 0 aliphatic heterocycles. The fraction of sp³-hybridized carbons (Fsp3) is 0.625. The maximum Gasteiger partial charge on any atom is -0.0158 e. The van der Waals surface area contributed by atoms with Crippen LogP contribution in [0.1, 0.15) is 25.7 Å². The van der Waals surface area contributed by atoms with Crippen LogP contribution in [0.15, 0.2) is 18.4 Å². The Labute approximate surface area is 50.9 Å². The Hall–Kier alpha value is -0.480. The topological polar surface area (TPSA) is 0 Å². The van der Waals surface area contributed by atoms with Gasteiger partial charge in [-0.3, -0.25) is 0 Å². The van der Waals surface area contributed by atoms with Crippen molar-refractivity contribution in [3.63, 3.8) is 0 Å². The fourth-order valence-corrected chi connectivity index (χ4v) is 1.29. The Morgan fingerprint density at radius 3 is 2.50 bits per heavy atom. The first-order chi connectivity index (χ1) is 3.93. The molecule has 1 aliphatic rings. The molecule has 0 aromatic heterocycles. The van der Waals surface area contributed by atoms with Gasteiger partial charge in [-0.1, -0.05) is 19.4 Å². The average Bonchev–Trinajstić information content (AvgIpc) is 2.19. The van der Waals surface area contributed by atoms with Crippen molar-refractivity contribution >= 4 is 0 Å². The molecule has 0 heterocycles. The summed E-state index contributed by atoms with van der Waals surface area (Å²) in [6.07, 6.45) is 7.64. The van der Waals surface area contributed by atoms with Gasteiger partial charge >= 0.3 is 0 Å². The predicted molar refractivity (Wildman–Crippen MR) is 35.7 cm³/mol. The van der Waals surface area contributed by atoms with Gasteiger partial charge in [0.15, 0.2) is 0 Å². The lowest BCUT2D eigenvalue weighted by molar-refractivity contribution is 0.687. The summed E-state index contributed by atoms with van der Waals surface area (Å²) in [6.45, 7) is 3.54. The van der Waals surface area contributed by atoms with Crippen LogP contribution in [0.3, 0.4) is 0 Å². The third-order valence-corrected chi connectivity index (χ3v) is 1.75. The molecule has 0 bridgehead atoms. The van der Waals surface area contributed by atoms with Gasteiger partial charge in [0.1, 0.15) is 0 Å². The molecule has 0 spiro atoms. The summed E-state index contributed by atoms with van der Waals surface area (Å²) in [5.74, 6) is 0.812. The predicted octanol–water partition coefficient (Wildman–Crippen LogP) is 2.52. The van der Waals surface area contributed by atoms with Crippen molar-refractivity contribution in [1.82, 2.24) is 0 Å². The standard InChI is InChI=1S/C8H12/c1-2-5-8-6-3-4-7-8/h5,8H,1,3-4,6-7H2. The van der Waals surface area contributed by atoms with E-state index in [1.807, 2.05) is 0 Å². The highest BCUT2D eigenvalue weighted by atomic mass is 14.1. The van der Waals surface area contributed by atoms with Crippen LogP contribution in [0.2, 0.25) is 0 Å². The molecule has 8 heavy (non-hydrogen) atoms. The highest BCUT2D eigenvalue weighted by Gasteiger charge is 2.10. The van der Waals surface area contributed by atoms with Crippen LogP contribution < -0.4 is 0 Å². The molecule has 1 aliphatic carbocycles. The molecule has 0 radical (unpaired) electrons. The lowest BCUT2D eigenvalue weighted by atomic mass is 10.1. The normalized spacial score (nSPS) is 20.5. The highest BCUT2D eigenvalue weighted by molar-refractivity contribution is 4.87. The van der Waals surface area contributed by atoms with Crippen molar-refractivity contribution in [3.05, 3.63) is 18.4 Å². The molecule has 0 nitrogen and oxygen atoms in total. The van der Waals surface area contributed by atoms with E-state index in [-0.39, 0.29) is 0 Å². The second-order valence-corrected chi connectivity index (χ2v) is 2.42. The molecule has 0 N–H and O–H groups in total. The summed E-state index contributed by atoms with van der Waals surface area (Å²) in [4.78, 5) is 0. The minimum Gasteiger partial charge on any atom is -0.133 e. The summed E-state index contributed by atoms with van der Waals surface area (Å²) < 4.78 is 0. The summed E-state index contributed by atoms with van der Waals surface area (Å²) >= 11 is 0. The van der Waals surface area contributed by atoms with Crippen molar-refractivity contribution in [1.29, 1.82) is 0 Å². The molecule has 0 unspecified atom stereocenters. The molecular formula is C8H12. The average molecular weight is 108 g/mol. The van der Waals surface area contributed by atoms with Crippen LogP contribution >= 0.6 is 0 Å². The van der Waals surface area contributed by atoms with Crippen LogP contribution in [-0.2, 0) is 0 Å². The third-order valence-electron chi connectivity index (χ3n) is 1.75. The smallest absolute Gasteiger partial charge is 0.0158 e. The number of hydrogen-bond donors (Lipinski definition) is 0. The first-order valence-electron chi connectivity index (χ1n) is 3.29. The quantitative estimate of drug-likeness (QED) is 0.453. The van der Waals surface area contributed by atoms with Crippen molar-refractivity contribution in [2.45, 2.75) is 25.7 Å². The van der Waals surface area contributed by atoms with E-state index < -0.39 is 0 Å². The van der Waals surface area contributed by atoms with Crippen LogP contribution in [0.25, 0.3) is 0 Å². The van der Waals surface area contributed by atoms with Gasteiger partial charge in [0.05, 0.1) is 0 Å². The van der Waals surface area contributed by atoms with Crippen molar-refractivity contribution < 1.29 is 0 Å². The molecule has 0 atom stereocenters. The molecular weight excluding hydrogens is 96.1 g/mol. The molecule has 0 amide bonds. The van der Waals surface area contributed by atoms with Gasteiger partial charge in [-0.2, -0.15) is 0 Å². The first-order valence-corrected chi connectivity index (χ1v) is 3.29. The molecule has 0 saturated heterocycles. The first kappa shape index (κ1) is 5.65. The minimum atomic E-state index is 0.812. The van der Waals surface area contributed by atoms with Gasteiger partial charge < -0.3 is 0 Å². The monoisotopic (exact) mass is 108 g/mol. The van der Waals surface area contributed by atoms with Crippen LogP contribution in [0, 0.1) is 5.92 Å². The van der Waals surface area contributed by atoms with Crippen molar-refractivity contribution in [2.75, 3.05) is 0 Å². The van der Waals surface area contributed by atoms with E-state index in [0.29, 0.717) is 0 Å². The van der Waals surface area contributed by atoms with E-state index in [4.69, 9.17) is 0 Å². The Morgan fingerprint density at radius 2 is 2.00 bits per heavy atom. The summed E-state index contributed by atoms with van der Waals surface area (Å²) in [6, 6.07) is 0. The molecule has 1 rings (SSSR count). The van der Waals surface area contributed by atoms with Gasteiger partial charge in [0, 0.05) is 0 Å². The van der Waals surface area contributed by atoms with Crippen LogP contribution in [0.4, 0.5) is 0 Å². The van der Waals surface area contributed by atoms with E-state index in [9.17, 15) is 0 Å². The third kappa shape index (κ3) is 1.24. The van der Waals surface area contributed by atoms with Gasteiger partial charge in [-0.15, -0.1) is 5.73 Å². The fourth-order valence-electron chi connectivity index (χ4n) is 1.29. The van der Waals surface area contributed by atoms with Gasteiger partial charge in [0.25, 0.3) is 0 Å². The number of hydrogen-bond acceptors (Lipinski definition) is 0. The Bertz CT molecular complexity index is 101. The van der Waals surface area contributed by atoms with Gasteiger partial charge in [-0.05, 0) is 24.8 Å². The maximum atomic E-state index is 3.54. The van der Waals surface area contributed by atoms with Crippen LogP contribution in [0.5, 0.6) is 0 Å². The maximum absolute atomic E-state index is 3.54. The molecule has 1 fully saturated rings. The van der Waals surface area contributed by atoms with Gasteiger partial charge in [-0.25, -0.2) is 0 Å². The summed E-state index contributed by atoms with van der Waals surface area (Å²) in [5, 5.41) is 0. The second-order valence-electron chi connectivity index (χ2n) is 2.42. The Balaban J connectivity index is 2.35. The van der Waals surface area contributed by atoms with Crippen molar-refractivity contribution in [3.8, 4) is 0 Å². The highest BCUT2D eigenvalue weighted by Crippen LogP contribution is 2.24. The van der Waals surface area contributed by atoms with E-state index in [1.54, 1.807) is 0 Å². The molecule has 44 valence electrons. The zero-order chi connectivity index (χ0) is 5.82. The van der Waals surface area contributed by atoms with E-state index >= 15 is 0 Å². The molecule has 0 aromatic rings. The largest absolute Gasteiger partial charge is 0.133 e. The summed E-state index contributed by atoms with van der Waals surface area (Å²) in [7, 11) is 0. The SMILES string of the molecule is C=C=CC1CCCC1. The second kappa shape index (κ2) is 2.74. The zero-order valence-electron chi connectivity index (χ0n) is 5.19. The summed E-state index contributed by atoms with van der Waals surface area (Å²) in [5.41, 5.74) is 2.83. The molecule has 0 heteroatoms. The molecule has 1 saturated carbocycles.